The molecule has 0 spiro atoms. The van der Waals surface area contributed by atoms with Crippen LogP contribution in [-0.2, 0) is 10.0 Å². The Morgan fingerprint density at radius 2 is 1.41 bits per heavy atom. The standard InChI is InChI=1S/C16H27NO3S2/c1-10-11(2)13(4)15(14(5)12(10)3)22(19,20)17-8-16(6,18)9-21-7/h17-18H,8-9H2,1-7H3. The molecular weight excluding hydrogens is 318 g/mol. The van der Waals surface area contributed by atoms with Gasteiger partial charge in [0.1, 0.15) is 0 Å². The minimum Gasteiger partial charge on any atom is -0.388 e. The molecule has 0 saturated heterocycles. The summed E-state index contributed by atoms with van der Waals surface area (Å²) in [5, 5.41) is 10.2. The number of sulfonamides is 1. The first-order valence-corrected chi connectivity index (χ1v) is 10.1. The van der Waals surface area contributed by atoms with Crippen molar-refractivity contribution in [2.24, 2.45) is 0 Å². The summed E-state index contributed by atoms with van der Waals surface area (Å²) >= 11 is 1.48. The van der Waals surface area contributed by atoms with Crippen LogP contribution in [0.3, 0.4) is 0 Å². The highest BCUT2D eigenvalue weighted by Crippen LogP contribution is 2.29. The van der Waals surface area contributed by atoms with Gasteiger partial charge in [0.15, 0.2) is 0 Å². The van der Waals surface area contributed by atoms with Gasteiger partial charge in [0.05, 0.1) is 10.5 Å². The second-order valence-electron chi connectivity index (χ2n) is 6.21. The Kier molecular flexibility index (Phi) is 6.12. The molecule has 0 aromatic heterocycles. The molecule has 1 aromatic rings. The normalized spacial score (nSPS) is 14.9. The number of hydrogen-bond acceptors (Lipinski definition) is 4. The average molecular weight is 346 g/mol. The van der Waals surface area contributed by atoms with Crippen molar-refractivity contribution in [3.8, 4) is 0 Å². The predicted octanol–water partition coefficient (Wildman–Crippen LogP) is 2.62. The number of thioether (sulfide) groups is 1. The Labute approximate surface area is 138 Å². The molecule has 1 atom stereocenters. The lowest BCUT2D eigenvalue weighted by molar-refractivity contribution is 0.0908. The van der Waals surface area contributed by atoms with Crippen LogP contribution >= 0.6 is 11.8 Å². The van der Waals surface area contributed by atoms with Crippen LogP contribution in [0.4, 0.5) is 0 Å². The predicted molar refractivity (Wildman–Crippen MR) is 94.3 cm³/mol. The molecule has 0 amide bonds. The van der Waals surface area contributed by atoms with E-state index in [-0.39, 0.29) is 6.54 Å². The average Bonchev–Trinajstić information content (AvgIpc) is 2.41. The van der Waals surface area contributed by atoms with Gasteiger partial charge in [-0.1, -0.05) is 0 Å². The lowest BCUT2D eigenvalue weighted by atomic mass is 9.95. The van der Waals surface area contributed by atoms with Crippen molar-refractivity contribution in [3.63, 3.8) is 0 Å². The van der Waals surface area contributed by atoms with Gasteiger partial charge >= 0.3 is 0 Å². The number of rotatable bonds is 6. The molecule has 1 unspecified atom stereocenters. The highest BCUT2D eigenvalue weighted by atomic mass is 32.2. The number of hydrogen-bond donors (Lipinski definition) is 2. The molecule has 2 N–H and O–H groups in total. The van der Waals surface area contributed by atoms with E-state index in [2.05, 4.69) is 4.72 Å². The highest BCUT2D eigenvalue weighted by Gasteiger charge is 2.27. The first-order valence-electron chi connectivity index (χ1n) is 7.22. The van der Waals surface area contributed by atoms with Gasteiger partial charge in [-0.25, -0.2) is 13.1 Å². The number of aliphatic hydroxyl groups is 1. The van der Waals surface area contributed by atoms with Crippen molar-refractivity contribution < 1.29 is 13.5 Å². The summed E-state index contributed by atoms with van der Waals surface area (Å²) in [4.78, 5) is 0.341. The zero-order valence-corrected chi connectivity index (χ0v) is 16.1. The summed E-state index contributed by atoms with van der Waals surface area (Å²) in [6.07, 6.45) is 1.88. The highest BCUT2D eigenvalue weighted by molar-refractivity contribution is 7.98. The van der Waals surface area contributed by atoms with Crippen LogP contribution in [-0.4, -0.2) is 37.7 Å². The monoisotopic (exact) mass is 345 g/mol. The van der Waals surface area contributed by atoms with Crippen molar-refractivity contribution in [3.05, 3.63) is 27.8 Å². The molecule has 0 radical (unpaired) electrons. The first kappa shape index (κ1) is 19.5. The quantitative estimate of drug-likeness (QED) is 0.832. The van der Waals surface area contributed by atoms with Crippen molar-refractivity contribution >= 4 is 21.8 Å². The lowest BCUT2D eigenvalue weighted by Gasteiger charge is -2.24. The van der Waals surface area contributed by atoms with E-state index < -0.39 is 15.6 Å². The molecule has 0 aliphatic heterocycles. The molecule has 6 heteroatoms. The van der Waals surface area contributed by atoms with Crippen LogP contribution in [0, 0.1) is 34.6 Å². The molecule has 4 nitrogen and oxygen atoms in total. The van der Waals surface area contributed by atoms with Crippen LogP contribution in [0.2, 0.25) is 0 Å². The van der Waals surface area contributed by atoms with Crippen molar-refractivity contribution in [1.29, 1.82) is 0 Å². The Morgan fingerprint density at radius 3 is 1.82 bits per heavy atom. The summed E-state index contributed by atoms with van der Waals surface area (Å²) in [7, 11) is -3.65. The van der Waals surface area contributed by atoms with E-state index in [1.54, 1.807) is 6.92 Å². The van der Waals surface area contributed by atoms with Crippen LogP contribution in [0.5, 0.6) is 0 Å². The van der Waals surface area contributed by atoms with Crippen molar-refractivity contribution in [1.82, 2.24) is 4.72 Å². The minimum absolute atomic E-state index is 0.00102. The van der Waals surface area contributed by atoms with Crippen LogP contribution in [0.15, 0.2) is 4.90 Å². The second-order valence-corrected chi connectivity index (χ2v) is 8.78. The fourth-order valence-electron chi connectivity index (χ4n) is 2.55. The fourth-order valence-corrected chi connectivity index (χ4v) is 5.03. The molecule has 0 aliphatic carbocycles. The van der Waals surface area contributed by atoms with Gasteiger partial charge in [0.25, 0.3) is 0 Å². The van der Waals surface area contributed by atoms with Gasteiger partial charge in [-0.3, -0.25) is 0 Å². The number of benzene rings is 1. The zero-order valence-electron chi connectivity index (χ0n) is 14.5. The van der Waals surface area contributed by atoms with Gasteiger partial charge in [-0.05, 0) is 75.6 Å². The summed E-state index contributed by atoms with van der Waals surface area (Å²) < 4.78 is 28.0. The first-order chi connectivity index (χ1) is 9.94. The third kappa shape index (κ3) is 4.04. The third-order valence-corrected chi connectivity index (χ3v) is 6.88. The van der Waals surface area contributed by atoms with Crippen molar-refractivity contribution in [2.45, 2.75) is 52.0 Å². The maximum atomic E-state index is 12.7. The Hall–Kier alpha value is -0.560. The maximum Gasteiger partial charge on any atom is 0.241 e. The summed E-state index contributed by atoms with van der Waals surface area (Å²) in [6, 6.07) is 0. The van der Waals surface area contributed by atoms with Crippen molar-refractivity contribution in [2.75, 3.05) is 18.6 Å². The maximum absolute atomic E-state index is 12.7. The van der Waals surface area contributed by atoms with E-state index in [9.17, 15) is 13.5 Å². The molecular formula is C16H27NO3S2. The Morgan fingerprint density at radius 1 is 1.00 bits per heavy atom. The molecule has 1 aromatic carbocycles. The van der Waals surface area contributed by atoms with E-state index in [1.807, 2.05) is 40.9 Å². The smallest absolute Gasteiger partial charge is 0.241 e. The largest absolute Gasteiger partial charge is 0.388 e. The molecule has 0 bridgehead atoms. The van der Waals surface area contributed by atoms with E-state index in [1.165, 1.54) is 11.8 Å². The van der Waals surface area contributed by atoms with E-state index >= 15 is 0 Å². The number of nitrogens with one attached hydrogen (secondary N) is 1. The summed E-state index contributed by atoms with van der Waals surface area (Å²) in [5.74, 6) is 0.472. The minimum atomic E-state index is -3.65. The second kappa shape index (κ2) is 6.91. The fraction of sp³-hybridized carbons (Fsp3) is 0.625. The molecule has 126 valence electrons. The lowest BCUT2D eigenvalue weighted by Crippen LogP contribution is -2.42. The molecule has 0 heterocycles. The van der Waals surface area contributed by atoms with Crippen LogP contribution in [0.25, 0.3) is 0 Å². The summed E-state index contributed by atoms with van der Waals surface area (Å²) in [6.45, 7) is 11.2. The van der Waals surface area contributed by atoms with Crippen LogP contribution in [0.1, 0.15) is 34.7 Å². The summed E-state index contributed by atoms with van der Waals surface area (Å²) in [5.41, 5.74) is 3.61. The van der Waals surface area contributed by atoms with E-state index in [0.29, 0.717) is 10.6 Å². The zero-order chi connectivity index (χ0) is 17.3. The van der Waals surface area contributed by atoms with Gasteiger partial charge in [0.2, 0.25) is 10.0 Å². The van der Waals surface area contributed by atoms with E-state index in [4.69, 9.17) is 0 Å². The third-order valence-electron chi connectivity index (χ3n) is 4.30. The van der Waals surface area contributed by atoms with Gasteiger partial charge in [0, 0.05) is 12.3 Å². The molecule has 0 saturated carbocycles. The topological polar surface area (TPSA) is 66.4 Å². The molecule has 0 fully saturated rings. The molecule has 1 rings (SSSR count). The van der Waals surface area contributed by atoms with Gasteiger partial charge in [-0.2, -0.15) is 11.8 Å². The van der Waals surface area contributed by atoms with E-state index in [0.717, 1.165) is 27.8 Å². The Balaban J connectivity index is 3.25. The molecule has 0 aliphatic rings. The van der Waals surface area contributed by atoms with Gasteiger partial charge in [-0.15, -0.1) is 0 Å². The Bertz CT molecular complexity index is 635. The molecule has 22 heavy (non-hydrogen) atoms. The van der Waals surface area contributed by atoms with Crippen LogP contribution < -0.4 is 4.72 Å². The van der Waals surface area contributed by atoms with Gasteiger partial charge < -0.3 is 5.11 Å². The SMILES string of the molecule is CSCC(C)(O)CNS(=O)(=O)c1c(C)c(C)c(C)c(C)c1C.